The normalized spacial score (nSPS) is 11.6. The number of nitrogens with zero attached hydrogens (tertiary/aromatic N) is 3. The van der Waals surface area contributed by atoms with E-state index in [0.717, 1.165) is 67.7 Å². The number of aromatic nitrogens is 3. The molecule has 0 N–H and O–H groups in total. The quantitative estimate of drug-likeness (QED) is 0.0907. The van der Waals surface area contributed by atoms with Crippen molar-refractivity contribution in [2.75, 3.05) is 0 Å². The third-order valence-electron chi connectivity index (χ3n) is 11.9. The summed E-state index contributed by atoms with van der Waals surface area (Å²) in [5.74, 6) is 0.0263. The van der Waals surface area contributed by atoms with E-state index in [2.05, 4.69) is 67.1 Å². The minimum absolute atomic E-state index is 0. The maximum atomic E-state index is 16.0. The van der Waals surface area contributed by atoms with Gasteiger partial charge in [0.05, 0.1) is 36.1 Å². The van der Waals surface area contributed by atoms with E-state index in [1.807, 2.05) is 120 Å². The zero-order chi connectivity index (χ0) is 46.3. The van der Waals surface area contributed by atoms with E-state index in [1.54, 1.807) is 18.2 Å². The van der Waals surface area contributed by atoms with Gasteiger partial charge in [-0.05, 0) is 81.2 Å². The predicted octanol–water partition coefficient (Wildman–Crippen LogP) is 15.6. The fourth-order valence-electron chi connectivity index (χ4n) is 8.36. The van der Waals surface area contributed by atoms with Crippen molar-refractivity contribution in [3.05, 3.63) is 218 Å². The Kier molecular flexibility index (Phi) is 12.7. The molecule has 10 heteroatoms. The van der Waals surface area contributed by atoms with Crippen molar-refractivity contribution in [2.45, 2.75) is 25.8 Å². The number of pyridine rings is 1. The molecule has 0 aliphatic heterocycles. The monoisotopic (exact) mass is 1090 g/mol. The van der Waals surface area contributed by atoms with Gasteiger partial charge in [-0.1, -0.05) is 140 Å². The average Bonchev–Trinajstić information content (AvgIpc) is 3.94. The van der Waals surface area contributed by atoms with Gasteiger partial charge in [-0.3, -0.25) is 4.98 Å². The average molecular weight is 1090 g/mol. The molecule has 11 aromatic rings. The molecule has 1 radical (unpaired) electrons. The van der Waals surface area contributed by atoms with Gasteiger partial charge in [0.15, 0.2) is 0 Å². The molecule has 3 heterocycles. The van der Waals surface area contributed by atoms with Crippen molar-refractivity contribution < 1.29 is 42.1 Å². The topological polar surface area (TPSA) is 43.9 Å². The molecule has 3 aromatic heterocycles. The van der Waals surface area contributed by atoms with Crippen LogP contribution >= 0.6 is 0 Å². The third kappa shape index (κ3) is 9.10. The van der Waals surface area contributed by atoms with E-state index in [1.165, 1.54) is 23.4 Å². The van der Waals surface area contributed by atoms with Crippen LogP contribution in [0.4, 0.5) is 17.6 Å². The fraction of sp³-hybridized carbons (Fsp3) is 0.0690. The van der Waals surface area contributed by atoms with Gasteiger partial charge in [-0.2, -0.15) is 13.2 Å². The van der Waals surface area contributed by atoms with Crippen LogP contribution in [0.25, 0.3) is 94.7 Å². The van der Waals surface area contributed by atoms with Crippen molar-refractivity contribution in [1.82, 2.24) is 14.5 Å². The summed E-state index contributed by atoms with van der Waals surface area (Å²) in [6.45, 7) is 7.00. The third-order valence-corrected chi connectivity index (χ3v) is 13.9. The van der Waals surface area contributed by atoms with Gasteiger partial charge < -0.3 is 14.0 Å². The largest absolute Gasteiger partial charge is 0.501 e. The molecule has 337 valence electrons. The molecular weight excluding hydrogens is 1050 g/mol. The zero-order valence-electron chi connectivity index (χ0n) is 37.1. The van der Waals surface area contributed by atoms with E-state index < -0.39 is 25.6 Å². The van der Waals surface area contributed by atoms with Crippen LogP contribution in [0, 0.1) is 17.9 Å². The van der Waals surface area contributed by atoms with Gasteiger partial charge in [0.2, 0.25) is 0 Å². The number of para-hydroxylation sites is 1. The van der Waals surface area contributed by atoms with Crippen LogP contribution in [0.3, 0.4) is 0 Å². The standard InChI is InChI=1S/C44H25F4N2O.C14H16NSi.Ir/c45-37-15-8-16-38-41(37)50(39-26-31(27-9-3-1-4-10-27)19-23-33(39)29-11-5-2-6-12-29)43(49-38)35-14-7-13-34-36-25-30(20-24-40(36)51-42(34)35)28-17-21-32(22-18-28)44(46,47)48;1-16(2,3)13-9-10-14(15-11-13)12-7-5-4-6-8-12;/h1-13,15-26H;4-7,9-11H,1-3H3;/q2*-1;. The molecule has 0 aliphatic rings. The molecule has 0 saturated carbocycles. The Morgan fingerprint density at radius 1 is 0.603 bits per heavy atom. The van der Waals surface area contributed by atoms with Crippen LogP contribution in [0.1, 0.15) is 5.56 Å². The van der Waals surface area contributed by atoms with Gasteiger partial charge in [-0.25, -0.2) is 4.39 Å². The molecule has 0 amide bonds. The molecule has 11 rings (SSSR count). The van der Waals surface area contributed by atoms with Crippen molar-refractivity contribution in [2.24, 2.45) is 0 Å². The molecule has 0 unspecified atom stereocenters. The maximum absolute atomic E-state index is 16.0. The number of imidazole rings is 1. The van der Waals surface area contributed by atoms with Crippen molar-refractivity contribution >= 4 is 46.2 Å². The first-order chi connectivity index (χ1) is 32.4. The summed E-state index contributed by atoms with van der Waals surface area (Å²) in [5.41, 5.74) is 9.72. The second-order valence-corrected chi connectivity index (χ2v) is 22.4. The van der Waals surface area contributed by atoms with E-state index in [4.69, 9.17) is 9.40 Å². The second-order valence-electron chi connectivity index (χ2n) is 17.3. The maximum Gasteiger partial charge on any atom is 0.416 e. The molecule has 68 heavy (non-hydrogen) atoms. The molecule has 0 spiro atoms. The van der Waals surface area contributed by atoms with E-state index >= 15 is 4.39 Å². The van der Waals surface area contributed by atoms with Crippen LogP contribution in [-0.4, -0.2) is 22.6 Å². The van der Waals surface area contributed by atoms with Crippen LogP contribution in [-0.2, 0) is 26.3 Å². The Morgan fingerprint density at radius 2 is 1.28 bits per heavy atom. The Balaban J connectivity index is 0.000000289. The summed E-state index contributed by atoms with van der Waals surface area (Å²) in [5, 5.41) is 2.95. The zero-order valence-corrected chi connectivity index (χ0v) is 40.5. The first kappa shape index (κ1) is 45.9. The number of hydrogen-bond donors (Lipinski definition) is 0. The predicted molar refractivity (Wildman–Crippen MR) is 265 cm³/mol. The van der Waals surface area contributed by atoms with Crippen LogP contribution in [0.5, 0.6) is 0 Å². The molecular formula is C58H41F4IrN3OSi-2. The summed E-state index contributed by atoms with van der Waals surface area (Å²) < 4.78 is 64.1. The molecule has 0 saturated heterocycles. The summed E-state index contributed by atoms with van der Waals surface area (Å²) >= 11 is 0. The second kappa shape index (κ2) is 18.8. The number of halogens is 4. The Labute approximate surface area is 406 Å². The summed E-state index contributed by atoms with van der Waals surface area (Å²) in [7, 11) is -1.23. The van der Waals surface area contributed by atoms with Gasteiger partial charge >= 0.3 is 6.18 Å². The van der Waals surface area contributed by atoms with Crippen molar-refractivity contribution in [3.8, 4) is 61.7 Å². The van der Waals surface area contributed by atoms with Gasteiger partial charge in [0.25, 0.3) is 0 Å². The number of benzene rings is 8. The summed E-state index contributed by atoms with van der Waals surface area (Å²) in [6, 6.07) is 64.1. The van der Waals surface area contributed by atoms with E-state index in [0.29, 0.717) is 39.2 Å². The molecule has 0 bridgehead atoms. The molecule has 4 nitrogen and oxygen atoms in total. The van der Waals surface area contributed by atoms with Crippen molar-refractivity contribution in [1.29, 1.82) is 0 Å². The number of furan rings is 1. The SMILES string of the molecule is C[Si](C)(C)c1ccc(-c2[c-]cccc2)nc1.Fc1cccc2nc(-c3[c-]ccc4c3oc3ccc(-c5ccc(C(F)(F)F)cc5)cc34)n(-c3cc(-c4ccccc4)ccc3-c3ccccc3)c12.[Ir]. The summed E-state index contributed by atoms with van der Waals surface area (Å²) in [6.07, 6.45) is -2.40. The number of rotatable bonds is 7. The minimum atomic E-state index is -4.42. The minimum Gasteiger partial charge on any atom is -0.501 e. The van der Waals surface area contributed by atoms with Gasteiger partial charge in [0, 0.05) is 42.9 Å². The van der Waals surface area contributed by atoms with Gasteiger partial charge in [0.1, 0.15) is 11.4 Å². The summed E-state index contributed by atoms with van der Waals surface area (Å²) in [4.78, 5) is 9.53. The van der Waals surface area contributed by atoms with E-state index in [-0.39, 0.29) is 20.1 Å². The fourth-order valence-corrected chi connectivity index (χ4v) is 9.40. The Bertz CT molecular complexity index is 3530. The first-order valence-corrected chi connectivity index (χ1v) is 25.3. The molecule has 0 aliphatic carbocycles. The van der Waals surface area contributed by atoms with Crippen LogP contribution in [0.2, 0.25) is 19.6 Å². The Morgan fingerprint density at radius 3 is 1.96 bits per heavy atom. The van der Waals surface area contributed by atoms with Crippen LogP contribution < -0.4 is 5.19 Å². The molecule has 0 atom stereocenters. The van der Waals surface area contributed by atoms with Gasteiger partial charge in [-0.15, -0.1) is 54.1 Å². The Hall–Kier alpha value is -7.23. The van der Waals surface area contributed by atoms with E-state index in [9.17, 15) is 13.2 Å². The number of fused-ring (bicyclic) bond motifs is 4. The molecule has 0 fully saturated rings. The number of alkyl halides is 3. The van der Waals surface area contributed by atoms with Crippen molar-refractivity contribution in [3.63, 3.8) is 0 Å². The molecule has 8 aromatic carbocycles. The number of hydrogen-bond acceptors (Lipinski definition) is 3. The van der Waals surface area contributed by atoms with Crippen LogP contribution in [0.15, 0.2) is 199 Å². The first-order valence-electron chi connectivity index (χ1n) is 21.8. The smallest absolute Gasteiger partial charge is 0.416 e.